The Labute approximate surface area is 255 Å². The first-order valence-corrected chi connectivity index (χ1v) is 15.8. The maximum absolute atomic E-state index is 12.4. The summed E-state index contributed by atoms with van der Waals surface area (Å²) in [5.74, 6) is 0.506. The molecule has 43 heavy (non-hydrogen) atoms. The Bertz CT molecular complexity index is 1390. The number of unbranched alkanes of at least 4 members (excludes halogenated alkanes) is 2. The van der Waals surface area contributed by atoms with Gasteiger partial charge in [0.05, 0.1) is 18.0 Å². The van der Waals surface area contributed by atoms with Crippen LogP contribution in [0.3, 0.4) is 0 Å². The summed E-state index contributed by atoms with van der Waals surface area (Å²) < 4.78 is 6.07. The molecule has 0 spiro atoms. The second-order valence-electron chi connectivity index (χ2n) is 12.3. The fraction of sp³-hybridized carbons (Fsp3) is 0.486. The lowest BCUT2D eigenvalue weighted by Crippen LogP contribution is -2.29. The van der Waals surface area contributed by atoms with Gasteiger partial charge in [-0.1, -0.05) is 69.4 Å². The number of ether oxygens (including phenoxy) is 1. The molecule has 2 aromatic rings. The zero-order valence-electron chi connectivity index (χ0n) is 25.3. The monoisotopic (exact) mass is 586 g/mol. The van der Waals surface area contributed by atoms with Crippen molar-refractivity contribution < 1.29 is 19.7 Å². The highest BCUT2D eigenvalue weighted by atomic mass is 16.5. The number of carbonyl (C=O) groups excluding carboxylic acids is 1. The first-order valence-electron chi connectivity index (χ1n) is 15.8. The molecule has 2 aromatic carbocycles. The number of aromatic hydroxyl groups is 1. The summed E-state index contributed by atoms with van der Waals surface area (Å²) in [6.45, 7) is 3.06. The van der Waals surface area contributed by atoms with Gasteiger partial charge in [-0.3, -0.25) is 9.79 Å². The minimum atomic E-state index is -0.565. The van der Waals surface area contributed by atoms with Gasteiger partial charge in [-0.05, 0) is 60.1 Å². The average molecular weight is 587 g/mol. The summed E-state index contributed by atoms with van der Waals surface area (Å²) in [4.78, 5) is 19.3. The van der Waals surface area contributed by atoms with E-state index in [-0.39, 0.29) is 30.1 Å². The lowest BCUT2D eigenvalue weighted by atomic mass is 9.71. The van der Waals surface area contributed by atoms with Gasteiger partial charge in [-0.25, -0.2) is 0 Å². The number of aliphatic hydroxyl groups is 1. The summed E-state index contributed by atoms with van der Waals surface area (Å²) in [5.41, 5.74) is 18.5. The molecule has 2 aliphatic heterocycles. The molecular formula is C35H46N4O4. The van der Waals surface area contributed by atoms with Crippen molar-refractivity contribution in [3.05, 3.63) is 82.2 Å². The molecule has 1 saturated carbocycles. The van der Waals surface area contributed by atoms with Crippen LogP contribution in [0.2, 0.25) is 0 Å². The number of rotatable bonds is 15. The van der Waals surface area contributed by atoms with E-state index in [9.17, 15) is 15.0 Å². The van der Waals surface area contributed by atoms with Crippen LogP contribution >= 0.6 is 0 Å². The molecule has 0 bridgehead atoms. The van der Waals surface area contributed by atoms with Gasteiger partial charge in [0.1, 0.15) is 5.78 Å². The maximum Gasteiger partial charge on any atom is 0.163 e. The summed E-state index contributed by atoms with van der Waals surface area (Å²) in [6.07, 6.45) is 12.3. The first kappa shape index (κ1) is 31.0. The number of aryl methyl sites for hydroxylation is 1. The SMILES string of the molecule is CCCCC[C@@H](O)CC(=O)CCc1ccc(O)c(OCN2C=C3N=CC(C4(c5cccc(C(N)N)c5)CCCC4)=C3C2)c1. The molecule has 8 heteroatoms. The third-order valence-electron chi connectivity index (χ3n) is 9.14. The van der Waals surface area contributed by atoms with E-state index in [1.165, 1.54) is 16.7 Å². The number of allylic oxidation sites excluding steroid dienone is 1. The molecule has 8 nitrogen and oxygen atoms in total. The van der Waals surface area contributed by atoms with Gasteiger partial charge in [-0.2, -0.15) is 0 Å². The predicted octanol–water partition coefficient (Wildman–Crippen LogP) is 5.53. The largest absolute Gasteiger partial charge is 0.504 e. The summed E-state index contributed by atoms with van der Waals surface area (Å²) in [5, 5.41) is 20.6. The summed E-state index contributed by atoms with van der Waals surface area (Å²) in [6, 6.07) is 13.6. The van der Waals surface area contributed by atoms with Crippen LogP contribution in [-0.2, 0) is 16.6 Å². The van der Waals surface area contributed by atoms with Crippen molar-refractivity contribution in [3.63, 3.8) is 0 Å². The van der Waals surface area contributed by atoms with Crippen molar-refractivity contribution in [2.45, 2.75) is 95.2 Å². The smallest absolute Gasteiger partial charge is 0.163 e. The highest BCUT2D eigenvalue weighted by Gasteiger charge is 2.43. The molecule has 2 heterocycles. The van der Waals surface area contributed by atoms with Crippen LogP contribution < -0.4 is 16.2 Å². The molecular weight excluding hydrogens is 540 g/mol. The standard InChI is InChI=1S/C35H46N4O4/c1-2-3-4-10-27(40)19-28(41)13-11-24-12-14-32(42)33(17-24)43-23-39-21-29-30(20-38-31(29)22-39)35(15-5-6-16-35)26-9-7-8-25(18-26)34(36)37/h7-9,12,14,17-18,20,22,27,34,40,42H,2-6,10-11,13,15-16,19,21,23,36-37H2,1H3/t27-/m1/s1. The van der Waals surface area contributed by atoms with Gasteiger partial charge < -0.3 is 31.3 Å². The zero-order chi connectivity index (χ0) is 30.4. The van der Waals surface area contributed by atoms with Gasteiger partial charge in [-0.15, -0.1) is 0 Å². The van der Waals surface area contributed by atoms with Crippen molar-refractivity contribution in [2.75, 3.05) is 13.3 Å². The van der Waals surface area contributed by atoms with Crippen molar-refractivity contribution in [1.82, 2.24) is 4.90 Å². The van der Waals surface area contributed by atoms with Crippen LogP contribution in [-0.4, -0.2) is 46.5 Å². The Balaban J connectivity index is 1.21. The van der Waals surface area contributed by atoms with Crippen molar-refractivity contribution in [3.8, 4) is 11.5 Å². The molecule has 1 atom stereocenters. The first-order chi connectivity index (χ1) is 20.8. The molecule has 0 radical (unpaired) electrons. The molecule has 1 aliphatic carbocycles. The van der Waals surface area contributed by atoms with E-state index in [1.54, 1.807) is 12.1 Å². The Morgan fingerprint density at radius 2 is 1.95 bits per heavy atom. The van der Waals surface area contributed by atoms with Crippen LogP contribution in [0.1, 0.15) is 94.0 Å². The third kappa shape index (κ3) is 7.20. The van der Waals surface area contributed by atoms with E-state index < -0.39 is 12.3 Å². The highest BCUT2D eigenvalue weighted by Crippen LogP contribution is 2.50. The number of ketones is 1. The number of fused-ring (bicyclic) bond motifs is 1. The number of hydrogen-bond acceptors (Lipinski definition) is 8. The minimum Gasteiger partial charge on any atom is -0.504 e. The van der Waals surface area contributed by atoms with Crippen molar-refractivity contribution >= 4 is 12.0 Å². The van der Waals surface area contributed by atoms with Gasteiger partial charge in [0, 0.05) is 42.8 Å². The molecule has 0 aromatic heterocycles. The second-order valence-corrected chi connectivity index (χ2v) is 12.3. The van der Waals surface area contributed by atoms with E-state index in [1.807, 2.05) is 24.5 Å². The number of nitrogens with two attached hydrogens (primary N) is 2. The Kier molecular flexibility index (Phi) is 10.0. The van der Waals surface area contributed by atoms with E-state index in [2.05, 4.69) is 30.0 Å². The number of phenols is 1. The summed E-state index contributed by atoms with van der Waals surface area (Å²) >= 11 is 0. The quantitative estimate of drug-likeness (QED) is 0.159. The fourth-order valence-electron chi connectivity index (χ4n) is 6.72. The molecule has 5 rings (SSSR count). The Hall–Kier alpha value is -3.46. The van der Waals surface area contributed by atoms with Crippen LogP contribution in [0.5, 0.6) is 11.5 Å². The van der Waals surface area contributed by atoms with E-state index in [0.29, 0.717) is 31.6 Å². The average Bonchev–Trinajstić information content (AvgIpc) is 3.73. The fourth-order valence-corrected chi connectivity index (χ4v) is 6.72. The van der Waals surface area contributed by atoms with Gasteiger partial charge >= 0.3 is 0 Å². The molecule has 3 aliphatic rings. The number of hydrogen-bond donors (Lipinski definition) is 4. The Morgan fingerprint density at radius 1 is 1.14 bits per heavy atom. The maximum atomic E-state index is 12.4. The number of aliphatic imine (C=N–C) groups is 1. The second kappa shape index (κ2) is 13.9. The van der Waals surface area contributed by atoms with Crippen molar-refractivity contribution in [1.29, 1.82) is 0 Å². The molecule has 1 fully saturated rings. The molecule has 0 amide bonds. The lowest BCUT2D eigenvalue weighted by molar-refractivity contribution is -0.121. The van der Waals surface area contributed by atoms with E-state index >= 15 is 0 Å². The normalized spacial score (nSPS) is 18.0. The number of Topliss-reactive ketones (excluding diaryl/α,β-unsaturated/α-hetero) is 1. The summed E-state index contributed by atoms with van der Waals surface area (Å²) in [7, 11) is 0. The van der Waals surface area contributed by atoms with Crippen LogP contribution in [0.25, 0.3) is 0 Å². The van der Waals surface area contributed by atoms with Crippen LogP contribution in [0.15, 0.2) is 70.5 Å². The molecule has 230 valence electrons. The number of phenolic OH excluding ortho intramolecular Hbond substituents is 1. The van der Waals surface area contributed by atoms with Crippen molar-refractivity contribution in [2.24, 2.45) is 16.5 Å². The Morgan fingerprint density at radius 3 is 2.72 bits per heavy atom. The van der Waals surface area contributed by atoms with E-state index in [4.69, 9.17) is 21.2 Å². The third-order valence-corrected chi connectivity index (χ3v) is 9.14. The van der Waals surface area contributed by atoms with Crippen LogP contribution in [0.4, 0.5) is 0 Å². The van der Waals surface area contributed by atoms with Gasteiger partial charge in [0.25, 0.3) is 0 Å². The minimum absolute atomic E-state index is 0.0528. The van der Waals surface area contributed by atoms with Gasteiger partial charge in [0.2, 0.25) is 0 Å². The zero-order valence-corrected chi connectivity index (χ0v) is 25.3. The predicted molar refractivity (Wildman–Crippen MR) is 170 cm³/mol. The van der Waals surface area contributed by atoms with Gasteiger partial charge in [0.15, 0.2) is 18.2 Å². The number of nitrogens with zero attached hydrogens (tertiary/aromatic N) is 2. The molecule has 0 saturated heterocycles. The molecule has 0 unspecified atom stereocenters. The molecule has 6 N–H and O–H groups in total. The highest BCUT2D eigenvalue weighted by molar-refractivity contribution is 5.90. The number of aliphatic hydroxyl groups excluding tert-OH is 1. The topological polar surface area (TPSA) is 134 Å². The van der Waals surface area contributed by atoms with E-state index in [0.717, 1.165) is 61.8 Å². The lowest BCUT2D eigenvalue weighted by Gasteiger charge is -2.32. The van der Waals surface area contributed by atoms with Crippen LogP contribution in [0, 0.1) is 0 Å². The number of carbonyl (C=O) groups is 1. The number of benzene rings is 2.